The van der Waals surface area contributed by atoms with Gasteiger partial charge in [-0.3, -0.25) is 4.79 Å². The first kappa shape index (κ1) is 21.5. The predicted molar refractivity (Wildman–Crippen MR) is 123 cm³/mol. The van der Waals surface area contributed by atoms with Gasteiger partial charge in [0.15, 0.2) is 6.29 Å². The van der Waals surface area contributed by atoms with Gasteiger partial charge < -0.3 is 9.30 Å². The number of carbonyl (C=O) groups is 1. The Morgan fingerprint density at radius 2 is 1.73 bits per heavy atom. The molecule has 1 aromatic heterocycles. The lowest BCUT2D eigenvalue weighted by Crippen LogP contribution is -2.03. The van der Waals surface area contributed by atoms with Crippen molar-refractivity contribution >= 4 is 6.29 Å². The lowest BCUT2D eigenvalue weighted by molar-refractivity contribution is 0.112. The molecule has 0 fully saturated rings. The molecule has 0 bridgehead atoms. The van der Waals surface area contributed by atoms with Gasteiger partial charge in [0.1, 0.15) is 6.61 Å². The molecule has 33 heavy (non-hydrogen) atoms. The van der Waals surface area contributed by atoms with Crippen LogP contribution in [0.4, 0.5) is 0 Å². The molecule has 0 saturated heterocycles. The second kappa shape index (κ2) is 9.64. The van der Waals surface area contributed by atoms with Crippen molar-refractivity contribution in [3.63, 3.8) is 0 Å². The molecule has 0 amide bonds. The van der Waals surface area contributed by atoms with Crippen LogP contribution in [-0.2, 0) is 20.1 Å². The van der Waals surface area contributed by atoms with Crippen LogP contribution in [0, 0.1) is 22.7 Å². The maximum atomic E-state index is 11.5. The van der Waals surface area contributed by atoms with Gasteiger partial charge in [0.05, 0.1) is 35.3 Å². The number of imidazole rings is 1. The Balaban J connectivity index is 1.61. The summed E-state index contributed by atoms with van der Waals surface area (Å²) in [4.78, 5) is 15.9. The van der Waals surface area contributed by atoms with Crippen molar-refractivity contribution < 1.29 is 9.53 Å². The lowest BCUT2D eigenvalue weighted by Gasteiger charge is -2.12. The van der Waals surface area contributed by atoms with E-state index < -0.39 is 0 Å². The van der Waals surface area contributed by atoms with Crippen molar-refractivity contribution in [1.82, 2.24) is 9.55 Å². The fourth-order valence-corrected chi connectivity index (χ4v) is 3.64. The van der Waals surface area contributed by atoms with Crippen molar-refractivity contribution in [2.75, 3.05) is 0 Å². The number of aldehydes is 1. The van der Waals surface area contributed by atoms with Crippen LogP contribution < -0.4 is 4.74 Å². The van der Waals surface area contributed by atoms with Crippen LogP contribution in [0.25, 0.3) is 11.1 Å². The van der Waals surface area contributed by atoms with Crippen molar-refractivity contribution in [2.45, 2.75) is 13.0 Å². The van der Waals surface area contributed by atoms with E-state index in [9.17, 15) is 10.1 Å². The van der Waals surface area contributed by atoms with Crippen molar-refractivity contribution in [1.29, 1.82) is 10.5 Å². The first-order chi connectivity index (χ1) is 16.1. The van der Waals surface area contributed by atoms with Gasteiger partial charge in [-0.25, -0.2) is 4.98 Å². The summed E-state index contributed by atoms with van der Waals surface area (Å²) in [6.07, 6.45) is 3.05. The number of nitriles is 2. The fraction of sp³-hybridized carbons (Fsp3) is 0.111. The quantitative estimate of drug-likeness (QED) is 0.391. The average molecular weight is 432 g/mol. The number of rotatable bonds is 7. The molecule has 6 heteroatoms. The van der Waals surface area contributed by atoms with Crippen LogP contribution in [0.2, 0.25) is 0 Å². The zero-order valence-electron chi connectivity index (χ0n) is 18.0. The van der Waals surface area contributed by atoms with E-state index in [-0.39, 0.29) is 0 Å². The molecule has 6 nitrogen and oxygen atoms in total. The Morgan fingerprint density at radius 1 is 0.970 bits per heavy atom. The summed E-state index contributed by atoms with van der Waals surface area (Å²) < 4.78 is 7.88. The summed E-state index contributed by atoms with van der Waals surface area (Å²) in [7, 11) is 1.91. The van der Waals surface area contributed by atoms with Crippen LogP contribution in [0.5, 0.6) is 5.88 Å². The molecule has 0 aliphatic carbocycles. The molecule has 0 saturated carbocycles. The van der Waals surface area contributed by atoms with Crippen molar-refractivity contribution in [2.24, 2.45) is 7.05 Å². The molecule has 160 valence electrons. The molecule has 0 spiro atoms. The summed E-state index contributed by atoms with van der Waals surface area (Å²) in [6, 6.07) is 24.4. The predicted octanol–water partition coefficient (Wildman–Crippen LogP) is 4.81. The Kier molecular flexibility index (Phi) is 6.29. The monoisotopic (exact) mass is 432 g/mol. The average Bonchev–Trinajstić information content (AvgIpc) is 3.21. The SMILES string of the molecule is Cn1cnc(OCc2ccc(C#N)cc2)c1Cc1ccc(C#N)c(-c2ccccc2C=O)c1. The molecule has 0 N–H and O–H groups in total. The third kappa shape index (κ3) is 4.66. The highest BCUT2D eigenvalue weighted by molar-refractivity contribution is 5.89. The van der Waals surface area contributed by atoms with Gasteiger partial charge in [0.25, 0.3) is 0 Å². The zero-order valence-corrected chi connectivity index (χ0v) is 18.0. The molecular weight excluding hydrogens is 412 g/mol. The van der Waals surface area contributed by atoms with Crippen molar-refractivity contribution in [3.8, 4) is 29.1 Å². The summed E-state index contributed by atoms with van der Waals surface area (Å²) >= 11 is 0. The third-order valence-electron chi connectivity index (χ3n) is 5.43. The zero-order chi connectivity index (χ0) is 23.2. The van der Waals surface area contributed by atoms with Gasteiger partial charge in [-0.05, 0) is 41.0 Å². The van der Waals surface area contributed by atoms with Gasteiger partial charge in [-0.15, -0.1) is 0 Å². The number of ether oxygens (including phenoxy) is 1. The number of nitrogens with zero attached hydrogens (tertiary/aromatic N) is 4. The Labute approximate surface area is 191 Å². The highest BCUT2D eigenvalue weighted by atomic mass is 16.5. The molecule has 3 aromatic carbocycles. The molecule has 4 rings (SSSR count). The first-order valence-corrected chi connectivity index (χ1v) is 10.3. The summed E-state index contributed by atoms with van der Waals surface area (Å²) in [5.74, 6) is 0.529. The molecule has 0 atom stereocenters. The highest BCUT2D eigenvalue weighted by Crippen LogP contribution is 2.29. The first-order valence-electron chi connectivity index (χ1n) is 10.3. The van der Waals surface area contributed by atoms with E-state index in [2.05, 4.69) is 17.1 Å². The van der Waals surface area contributed by atoms with E-state index in [0.29, 0.717) is 35.6 Å². The number of aryl methyl sites for hydroxylation is 1. The number of hydrogen-bond donors (Lipinski definition) is 0. The van der Waals surface area contributed by atoms with Crippen LogP contribution in [0.15, 0.2) is 73.1 Å². The van der Waals surface area contributed by atoms with Gasteiger partial charge >= 0.3 is 0 Å². The van der Waals surface area contributed by atoms with E-state index in [1.54, 1.807) is 36.7 Å². The van der Waals surface area contributed by atoms with Gasteiger partial charge in [-0.1, -0.05) is 42.5 Å². The number of hydrogen-bond acceptors (Lipinski definition) is 5. The molecule has 0 unspecified atom stereocenters. The second-order valence-electron chi connectivity index (χ2n) is 7.58. The Hall–Kier alpha value is -4.68. The van der Waals surface area contributed by atoms with Gasteiger partial charge in [0, 0.05) is 24.6 Å². The van der Waals surface area contributed by atoms with Gasteiger partial charge in [0.2, 0.25) is 5.88 Å². The van der Waals surface area contributed by atoms with E-state index in [4.69, 9.17) is 10.00 Å². The standard InChI is InChI=1S/C27H20N4O2/c1-31-18-30-27(33-17-20-8-6-19(14-28)7-9-20)26(31)13-21-10-11-22(15-29)25(12-21)24-5-3-2-4-23(24)16-32/h2-12,16,18H,13,17H2,1H3. The van der Waals surface area contributed by atoms with Crippen LogP contribution in [0.1, 0.15) is 38.3 Å². The Morgan fingerprint density at radius 3 is 2.45 bits per heavy atom. The minimum atomic E-state index is 0.334. The summed E-state index contributed by atoms with van der Waals surface area (Å²) in [6.45, 7) is 0.334. The lowest BCUT2D eigenvalue weighted by atomic mass is 9.93. The molecule has 0 aliphatic heterocycles. The maximum absolute atomic E-state index is 11.5. The highest BCUT2D eigenvalue weighted by Gasteiger charge is 2.15. The summed E-state index contributed by atoms with van der Waals surface area (Å²) in [5.41, 5.74) is 5.91. The van der Waals surface area contributed by atoms with E-state index in [1.165, 1.54) is 0 Å². The number of aromatic nitrogens is 2. The molecular formula is C27H20N4O2. The fourth-order valence-electron chi connectivity index (χ4n) is 3.64. The van der Waals surface area contributed by atoms with Gasteiger partial charge in [-0.2, -0.15) is 10.5 Å². The molecule has 0 radical (unpaired) electrons. The minimum absolute atomic E-state index is 0.334. The van der Waals surface area contributed by atoms with E-state index in [0.717, 1.165) is 34.2 Å². The minimum Gasteiger partial charge on any atom is -0.472 e. The number of benzene rings is 3. The summed E-state index contributed by atoms with van der Waals surface area (Å²) in [5, 5.41) is 18.5. The van der Waals surface area contributed by atoms with Crippen LogP contribution in [0.3, 0.4) is 0 Å². The number of carbonyl (C=O) groups excluding carboxylic acids is 1. The smallest absolute Gasteiger partial charge is 0.235 e. The molecule has 4 aromatic rings. The van der Waals surface area contributed by atoms with Crippen LogP contribution >= 0.6 is 0 Å². The second-order valence-corrected chi connectivity index (χ2v) is 7.58. The molecule has 0 aliphatic rings. The largest absolute Gasteiger partial charge is 0.472 e. The Bertz CT molecular complexity index is 1390. The topological polar surface area (TPSA) is 91.7 Å². The normalized spacial score (nSPS) is 10.3. The van der Waals surface area contributed by atoms with Crippen molar-refractivity contribution in [3.05, 3.63) is 107 Å². The van der Waals surface area contributed by atoms with E-state index >= 15 is 0 Å². The third-order valence-corrected chi connectivity index (χ3v) is 5.43. The van der Waals surface area contributed by atoms with E-state index in [1.807, 2.05) is 48.0 Å². The van der Waals surface area contributed by atoms with Crippen LogP contribution in [-0.4, -0.2) is 15.8 Å². The maximum Gasteiger partial charge on any atom is 0.235 e. The molecule has 1 heterocycles.